The molecule has 0 amide bonds. The van der Waals surface area contributed by atoms with Crippen molar-refractivity contribution in [3.8, 4) is 0 Å². The summed E-state index contributed by atoms with van der Waals surface area (Å²) in [6.45, 7) is 1.99. The fraction of sp³-hybridized carbons (Fsp3) is 0.250. The molecule has 1 atom stereocenters. The van der Waals surface area contributed by atoms with Crippen LogP contribution in [0.5, 0.6) is 0 Å². The molecule has 1 N–H and O–H groups in total. The zero-order chi connectivity index (χ0) is 13.8. The van der Waals surface area contributed by atoms with Crippen LogP contribution in [0.1, 0.15) is 22.7 Å². The molecule has 0 fully saturated rings. The number of nitrogens with one attached hydrogen (secondary N) is 1. The standard InChI is InChI=1S/C16H17FIN/c1-11-3-8-15(17)14(9-11)16(19-2)10-12-4-6-13(18)7-5-12/h3-9,16,19H,10H2,1-2H3. The van der Waals surface area contributed by atoms with Crippen molar-refractivity contribution in [3.05, 3.63) is 68.5 Å². The first-order valence-corrected chi connectivity index (χ1v) is 7.36. The molecule has 0 saturated heterocycles. The summed E-state index contributed by atoms with van der Waals surface area (Å²) >= 11 is 2.29. The first kappa shape index (κ1) is 14.5. The van der Waals surface area contributed by atoms with Crippen molar-refractivity contribution in [3.63, 3.8) is 0 Å². The van der Waals surface area contributed by atoms with Gasteiger partial charge < -0.3 is 5.32 Å². The minimum Gasteiger partial charge on any atom is -0.313 e. The van der Waals surface area contributed by atoms with Crippen molar-refractivity contribution >= 4 is 22.6 Å². The minimum atomic E-state index is -0.143. The number of halogens is 2. The highest BCUT2D eigenvalue weighted by Gasteiger charge is 2.14. The van der Waals surface area contributed by atoms with E-state index < -0.39 is 0 Å². The summed E-state index contributed by atoms with van der Waals surface area (Å²) in [6.07, 6.45) is 0.786. The second-order valence-corrected chi connectivity index (χ2v) is 5.94. The highest BCUT2D eigenvalue weighted by Crippen LogP contribution is 2.22. The molecule has 2 rings (SSSR count). The average molecular weight is 369 g/mol. The number of rotatable bonds is 4. The Bertz CT molecular complexity index is 551. The Morgan fingerprint density at radius 1 is 1.16 bits per heavy atom. The van der Waals surface area contributed by atoms with Gasteiger partial charge in [0.15, 0.2) is 0 Å². The van der Waals surface area contributed by atoms with E-state index in [2.05, 4.69) is 52.2 Å². The zero-order valence-electron chi connectivity index (χ0n) is 11.1. The van der Waals surface area contributed by atoms with Crippen molar-refractivity contribution in [2.24, 2.45) is 0 Å². The molecule has 0 aliphatic carbocycles. The third kappa shape index (κ3) is 3.76. The van der Waals surface area contributed by atoms with E-state index in [1.165, 1.54) is 9.13 Å². The molecule has 100 valence electrons. The minimum absolute atomic E-state index is 0.0000359. The largest absolute Gasteiger partial charge is 0.313 e. The second kappa shape index (κ2) is 6.48. The summed E-state index contributed by atoms with van der Waals surface area (Å²) in [6, 6.07) is 13.6. The van der Waals surface area contributed by atoms with Crippen LogP contribution >= 0.6 is 22.6 Å². The molecule has 0 spiro atoms. The maximum Gasteiger partial charge on any atom is 0.128 e. The smallest absolute Gasteiger partial charge is 0.128 e. The molecule has 1 nitrogen and oxygen atoms in total. The lowest BCUT2D eigenvalue weighted by atomic mass is 9.97. The van der Waals surface area contributed by atoms with Crippen LogP contribution in [0.2, 0.25) is 0 Å². The van der Waals surface area contributed by atoms with Gasteiger partial charge in [-0.3, -0.25) is 0 Å². The molecule has 0 heterocycles. The van der Waals surface area contributed by atoms with Gasteiger partial charge in [0.2, 0.25) is 0 Å². The number of hydrogen-bond acceptors (Lipinski definition) is 1. The van der Waals surface area contributed by atoms with Crippen molar-refractivity contribution in [2.75, 3.05) is 7.05 Å². The summed E-state index contributed by atoms with van der Waals surface area (Å²) < 4.78 is 15.1. The van der Waals surface area contributed by atoms with E-state index in [0.717, 1.165) is 17.5 Å². The van der Waals surface area contributed by atoms with E-state index in [4.69, 9.17) is 0 Å². The Hall–Kier alpha value is -0.940. The maximum absolute atomic E-state index is 13.9. The lowest BCUT2D eigenvalue weighted by Crippen LogP contribution is -2.20. The van der Waals surface area contributed by atoms with Crippen LogP contribution in [0.4, 0.5) is 4.39 Å². The van der Waals surface area contributed by atoms with Gasteiger partial charge in [0.1, 0.15) is 5.82 Å². The van der Waals surface area contributed by atoms with Gasteiger partial charge in [-0.25, -0.2) is 4.39 Å². The van der Waals surface area contributed by atoms with E-state index in [1.807, 2.05) is 20.0 Å². The lowest BCUT2D eigenvalue weighted by molar-refractivity contribution is 0.533. The highest BCUT2D eigenvalue weighted by molar-refractivity contribution is 14.1. The van der Waals surface area contributed by atoms with Crippen molar-refractivity contribution in [1.82, 2.24) is 5.32 Å². The summed E-state index contributed by atoms with van der Waals surface area (Å²) in [5.41, 5.74) is 3.03. The predicted octanol–water partition coefficient (Wildman–Crippen LogP) is 4.24. The van der Waals surface area contributed by atoms with E-state index in [-0.39, 0.29) is 11.9 Å². The summed E-state index contributed by atoms with van der Waals surface area (Å²) in [5.74, 6) is -0.143. The van der Waals surface area contributed by atoms with Crippen molar-refractivity contribution in [2.45, 2.75) is 19.4 Å². The number of likely N-dealkylation sites (N-methyl/N-ethyl adjacent to an activating group) is 1. The lowest BCUT2D eigenvalue weighted by Gasteiger charge is -2.18. The van der Waals surface area contributed by atoms with Gasteiger partial charge >= 0.3 is 0 Å². The Labute approximate surface area is 127 Å². The van der Waals surface area contributed by atoms with Crippen LogP contribution in [0.25, 0.3) is 0 Å². The molecule has 19 heavy (non-hydrogen) atoms. The molecular weight excluding hydrogens is 352 g/mol. The molecule has 0 aliphatic heterocycles. The molecule has 0 aromatic heterocycles. The molecule has 2 aromatic rings. The normalized spacial score (nSPS) is 12.4. The monoisotopic (exact) mass is 369 g/mol. The fourth-order valence-electron chi connectivity index (χ4n) is 2.15. The van der Waals surface area contributed by atoms with Gasteiger partial charge in [0.05, 0.1) is 0 Å². The van der Waals surface area contributed by atoms with Crippen molar-refractivity contribution in [1.29, 1.82) is 0 Å². The highest BCUT2D eigenvalue weighted by atomic mass is 127. The molecular formula is C16H17FIN. The van der Waals surface area contributed by atoms with Crippen LogP contribution in [-0.2, 0) is 6.42 Å². The first-order valence-electron chi connectivity index (χ1n) is 6.28. The van der Waals surface area contributed by atoms with Gasteiger partial charge in [0, 0.05) is 15.2 Å². The molecule has 0 bridgehead atoms. The Kier molecular flexibility index (Phi) is 4.93. The third-order valence-corrected chi connectivity index (χ3v) is 3.95. The SMILES string of the molecule is CNC(Cc1ccc(I)cc1)c1cc(C)ccc1F. The second-order valence-electron chi connectivity index (χ2n) is 4.70. The van der Waals surface area contributed by atoms with Gasteiger partial charge in [-0.05, 0) is 66.7 Å². The van der Waals surface area contributed by atoms with Gasteiger partial charge in [-0.1, -0.05) is 29.8 Å². The molecule has 3 heteroatoms. The van der Waals surface area contributed by atoms with Crippen LogP contribution in [0, 0.1) is 16.3 Å². The summed E-state index contributed by atoms with van der Waals surface area (Å²) in [7, 11) is 1.87. The molecule has 0 radical (unpaired) electrons. The zero-order valence-corrected chi connectivity index (χ0v) is 13.2. The van der Waals surface area contributed by atoms with Gasteiger partial charge in [-0.2, -0.15) is 0 Å². The summed E-state index contributed by atoms with van der Waals surface area (Å²) in [4.78, 5) is 0. The molecule has 1 unspecified atom stereocenters. The van der Waals surface area contributed by atoms with E-state index >= 15 is 0 Å². The number of benzene rings is 2. The van der Waals surface area contributed by atoms with Crippen LogP contribution in [-0.4, -0.2) is 7.05 Å². The molecule has 0 saturated carbocycles. The van der Waals surface area contributed by atoms with Crippen LogP contribution in [0.3, 0.4) is 0 Å². The number of hydrogen-bond donors (Lipinski definition) is 1. The van der Waals surface area contributed by atoms with Gasteiger partial charge in [0.25, 0.3) is 0 Å². The Balaban J connectivity index is 2.24. The third-order valence-electron chi connectivity index (χ3n) is 3.23. The Morgan fingerprint density at radius 3 is 2.47 bits per heavy atom. The van der Waals surface area contributed by atoms with Crippen LogP contribution < -0.4 is 5.32 Å². The first-order chi connectivity index (χ1) is 9.10. The van der Waals surface area contributed by atoms with E-state index in [1.54, 1.807) is 12.1 Å². The van der Waals surface area contributed by atoms with Crippen molar-refractivity contribution < 1.29 is 4.39 Å². The molecule has 0 aliphatic rings. The van der Waals surface area contributed by atoms with Gasteiger partial charge in [-0.15, -0.1) is 0 Å². The number of aryl methyl sites for hydroxylation is 1. The molecule has 2 aromatic carbocycles. The Morgan fingerprint density at radius 2 is 1.84 bits per heavy atom. The average Bonchev–Trinajstić information content (AvgIpc) is 2.41. The topological polar surface area (TPSA) is 12.0 Å². The quantitative estimate of drug-likeness (QED) is 0.795. The predicted molar refractivity (Wildman–Crippen MR) is 85.8 cm³/mol. The summed E-state index contributed by atoms with van der Waals surface area (Å²) in [5, 5.41) is 3.21. The fourth-order valence-corrected chi connectivity index (χ4v) is 2.51. The van der Waals surface area contributed by atoms with E-state index in [0.29, 0.717) is 0 Å². The van der Waals surface area contributed by atoms with E-state index in [9.17, 15) is 4.39 Å². The maximum atomic E-state index is 13.9. The van der Waals surface area contributed by atoms with Crippen LogP contribution in [0.15, 0.2) is 42.5 Å².